The van der Waals surface area contributed by atoms with Gasteiger partial charge < -0.3 is 0 Å². The molecule has 0 N–H and O–H groups in total. The molecule has 4 rings (SSSR count). The van der Waals surface area contributed by atoms with Crippen molar-refractivity contribution in [2.75, 3.05) is 13.1 Å². The van der Waals surface area contributed by atoms with E-state index in [1.165, 1.54) is 57.3 Å². The fraction of sp³-hybridized carbons (Fsp3) is 0.600. The Balaban J connectivity index is 1.54. The monoisotopic (exact) mass is 324 g/mol. The molecule has 24 heavy (non-hydrogen) atoms. The SMILES string of the molecule is CCc1nccn1-c1cccc([C@@H]2CCCN(C3CCCC3)C2)n1. The molecule has 128 valence electrons. The van der Waals surface area contributed by atoms with Crippen LogP contribution in [0.5, 0.6) is 0 Å². The van der Waals surface area contributed by atoms with Crippen molar-refractivity contribution in [3.05, 3.63) is 42.1 Å². The predicted octanol–water partition coefficient (Wildman–Crippen LogP) is 3.95. The Morgan fingerprint density at radius 2 is 2.00 bits per heavy atom. The second kappa shape index (κ2) is 7.06. The summed E-state index contributed by atoms with van der Waals surface area (Å²) in [6.45, 7) is 4.61. The van der Waals surface area contributed by atoms with Crippen LogP contribution in [-0.2, 0) is 6.42 Å². The normalized spacial score (nSPS) is 23.0. The van der Waals surface area contributed by atoms with Gasteiger partial charge in [0.2, 0.25) is 0 Å². The van der Waals surface area contributed by atoms with Crippen LogP contribution in [0, 0.1) is 0 Å². The third kappa shape index (κ3) is 3.12. The van der Waals surface area contributed by atoms with Crippen LogP contribution in [0.25, 0.3) is 5.82 Å². The number of hydrogen-bond donors (Lipinski definition) is 0. The molecule has 2 aromatic heterocycles. The summed E-state index contributed by atoms with van der Waals surface area (Å²) in [5, 5.41) is 0. The second-order valence-corrected chi connectivity index (χ2v) is 7.26. The van der Waals surface area contributed by atoms with Gasteiger partial charge in [-0.15, -0.1) is 0 Å². The Hall–Kier alpha value is -1.68. The molecule has 0 unspecified atom stereocenters. The van der Waals surface area contributed by atoms with Gasteiger partial charge in [0.15, 0.2) is 0 Å². The summed E-state index contributed by atoms with van der Waals surface area (Å²) in [4.78, 5) is 12.2. The lowest BCUT2D eigenvalue weighted by atomic mass is 9.93. The Bertz CT molecular complexity index is 672. The number of rotatable bonds is 4. The number of aryl methyl sites for hydroxylation is 1. The first kappa shape index (κ1) is 15.8. The van der Waals surface area contributed by atoms with Gasteiger partial charge in [0, 0.05) is 43.0 Å². The molecule has 1 atom stereocenters. The molecule has 1 aliphatic heterocycles. The lowest BCUT2D eigenvalue weighted by molar-refractivity contribution is 0.149. The number of hydrogen-bond acceptors (Lipinski definition) is 3. The van der Waals surface area contributed by atoms with Crippen LogP contribution in [-0.4, -0.2) is 38.6 Å². The van der Waals surface area contributed by atoms with Crippen LogP contribution >= 0.6 is 0 Å². The van der Waals surface area contributed by atoms with Gasteiger partial charge in [-0.2, -0.15) is 0 Å². The van der Waals surface area contributed by atoms with Crippen molar-refractivity contribution in [1.82, 2.24) is 19.4 Å². The van der Waals surface area contributed by atoms with Gasteiger partial charge in [-0.25, -0.2) is 9.97 Å². The Morgan fingerprint density at radius 3 is 2.83 bits per heavy atom. The highest BCUT2D eigenvalue weighted by molar-refractivity contribution is 5.28. The van der Waals surface area contributed by atoms with E-state index >= 15 is 0 Å². The van der Waals surface area contributed by atoms with Gasteiger partial charge in [-0.1, -0.05) is 25.8 Å². The highest BCUT2D eigenvalue weighted by Crippen LogP contribution is 2.31. The van der Waals surface area contributed by atoms with Crippen molar-refractivity contribution in [3.63, 3.8) is 0 Å². The van der Waals surface area contributed by atoms with E-state index in [2.05, 4.69) is 39.6 Å². The summed E-state index contributed by atoms with van der Waals surface area (Å²) in [5.41, 5.74) is 1.26. The fourth-order valence-corrected chi connectivity index (χ4v) is 4.45. The molecule has 4 nitrogen and oxygen atoms in total. The van der Waals surface area contributed by atoms with Crippen molar-refractivity contribution in [1.29, 1.82) is 0 Å². The summed E-state index contributed by atoms with van der Waals surface area (Å²) in [6, 6.07) is 7.30. The van der Waals surface area contributed by atoms with Crippen molar-refractivity contribution in [3.8, 4) is 5.82 Å². The number of likely N-dealkylation sites (tertiary alicyclic amines) is 1. The van der Waals surface area contributed by atoms with Crippen LogP contribution < -0.4 is 0 Å². The highest BCUT2D eigenvalue weighted by Gasteiger charge is 2.29. The first-order chi connectivity index (χ1) is 11.8. The molecule has 1 saturated carbocycles. The number of piperidine rings is 1. The van der Waals surface area contributed by atoms with Crippen LogP contribution in [0.2, 0.25) is 0 Å². The number of pyridine rings is 1. The van der Waals surface area contributed by atoms with Crippen LogP contribution in [0.15, 0.2) is 30.6 Å². The Morgan fingerprint density at radius 1 is 1.12 bits per heavy atom. The second-order valence-electron chi connectivity index (χ2n) is 7.26. The van der Waals surface area contributed by atoms with Crippen LogP contribution in [0.4, 0.5) is 0 Å². The van der Waals surface area contributed by atoms with Gasteiger partial charge in [-0.05, 0) is 44.4 Å². The van der Waals surface area contributed by atoms with Crippen molar-refractivity contribution in [2.45, 2.75) is 63.8 Å². The summed E-state index contributed by atoms with van der Waals surface area (Å²) < 4.78 is 2.13. The lowest BCUT2D eigenvalue weighted by Gasteiger charge is -2.36. The third-order valence-corrected chi connectivity index (χ3v) is 5.75. The average molecular weight is 324 g/mol. The maximum atomic E-state index is 5.00. The van der Waals surface area contributed by atoms with Gasteiger partial charge >= 0.3 is 0 Å². The van der Waals surface area contributed by atoms with E-state index in [1.54, 1.807) is 0 Å². The summed E-state index contributed by atoms with van der Waals surface area (Å²) in [7, 11) is 0. The summed E-state index contributed by atoms with van der Waals surface area (Å²) >= 11 is 0. The van der Waals surface area contributed by atoms with Crippen molar-refractivity contribution < 1.29 is 0 Å². The van der Waals surface area contributed by atoms with E-state index < -0.39 is 0 Å². The first-order valence-corrected chi connectivity index (χ1v) is 9.58. The molecule has 1 saturated heterocycles. The fourth-order valence-electron chi connectivity index (χ4n) is 4.45. The first-order valence-electron chi connectivity index (χ1n) is 9.58. The molecule has 0 aromatic carbocycles. The van der Waals surface area contributed by atoms with Crippen LogP contribution in [0.3, 0.4) is 0 Å². The number of aromatic nitrogens is 3. The van der Waals surface area contributed by atoms with E-state index in [9.17, 15) is 0 Å². The van der Waals surface area contributed by atoms with Crippen molar-refractivity contribution in [2.24, 2.45) is 0 Å². The van der Waals surface area contributed by atoms with E-state index in [-0.39, 0.29) is 0 Å². The summed E-state index contributed by atoms with van der Waals surface area (Å²) in [6.07, 6.45) is 13.0. The molecule has 0 bridgehead atoms. The zero-order chi connectivity index (χ0) is 16.4. The quantitative estimate of drug-likeness (QED) is 0.854. The van der Waals surface area contributed by atoms with Crippen molar-refractivity contribution >= 4 is 0 Å². The predicted molar refractivity (Wildman–Crippen MR) is 96.5 cm³/mol. The molecule has 3 heterocycles. The molecule has 2 aromatic rings. The highest BCUT2D eigenvalue weighted by atomic mass is 15.2. The van der Waals surface area contributed by atoms with Gasteiger partial charge in [0.05, 0.1) is 0 Å². The molecule has 0 amide bonds. The molecule has 0 spiro atoms. The molecular formula is C20H28N4. The molecular weight excluding hydrogens is 296 g/mol. The van der Waals surface area contributed by atoms with E-state index in [4.69, 9.17) is 4.98 Å². The third-order valence-electron chi connectivity index (χ3n) is 5.75. The van der Waals surface area contributed by atoms with E-state index in [0.29, 0.717) is 5.92 Å². The maximum Gasteiger partial charge on any atom is 0.138 e. The molecule has 1 aliphatic carbocycles. The average Bonchev–Trinajstić information content (AvgIpc) is 3.33. The van der Waals surface area contributed by atoms with Gasteiger partial charge in [-0.3, -0.25) is 9.47 Å². The standard InChI is InChI=1S/C20H28N4/c1-2-19-21-12-14-24(19)20-11-5-10-18(22-20)16-7-6-13-23(15-16)17-8-3-4-9-17/h5,10-12,14,16-17H,2-4,6-9,13,15H2,1H3/t16-/m1/s1. The topological polar surface area (TPSA) is 34.0 Å². The minimum absolute atomic E-state index is 0.577. The molecule has 4 heteroatoms. The largest absolute Gasteiger partial charge is 0.300 e. The molecule has 2 aliphatic rings. The maximum absolute atomic E-state index is 5.00. The summed E-state index contributed by atoms with van der Waals surface area (Å²) in [5.74, 6) is 2.67. The Labute approximate surface area is 144 Å². The lowest BCUT2D eigenvalue weighted by Crippen LogP contribution is -2.40. The Kier molecular flexibility index (Phi) is 4.65. The van der Waals surface area contributed by atoms with E-state index in [1.807, 2.05) is 12.4 Å². The van der Waals surface area contributed by atoms with E-state index in [0.717, 1.165) is 24.1 Å². The molecule has 2 fully saturated rings. The zero-order valence-electron chi connectivity index (χ0n) is 14.7. The number of imidazole rings is 1. The van der Waals surface area contributed by atoms with Gasteiger partial charge in [0.1, 0.15) is 11.6 Å². The number of nitrogens with zero attached hydrogens (tertiary/aromatic N) is 4. The smallest absolute Gasteiger partial charge is 0.138 e. The minimum Gasteiger partial charge on any atom is -0.300 e. The minimum atomic E-state index is 0.577. The van der Waals surface area contributed by atoms with Crippen LogP contribution in [0.1, 0.15) is 62.9 Å². The zero-order valence-corrected chi connectivity index (χ0v) is 14.7. The van der Waals surface area contributed by atoms with Gasteiger partial charge in [0.25, 0.3) is 0 Å². The molecule has 0 radical (unpaired) electrons.